The lowest BCUT2D eigenvalue weighted by Gasteiger charge is -2.42. The molecule has 0 radical (unpaired) electrons. The molecule has 0 aromatic rings. The third-order valence-electron chi connectivity index (χ3n) is 6.39. The minimum Gasteiger partial charge on any atom is -1.00 e. The first-order chi connectivity index (χ1) is 12.9. The summed E-state index contributed by atoms with van der Waals surface area (Å²) in [5.74, 6) is 0. The molecule has 170 valence electrons. The van der Waals surface area contributed by atoms with Crippen LogP contribution in [-0.2, 0) is 0 Å². The van der Waals surface area contributed by atoms with E-state index >= 15 is 0 Å². The maximum absolute atomic E-state index is 10.7. The zero-order chi connectivity index (χ0) is 20.4. The molecule has 0 aliphatic rings. The standard InChI is InChI=1S/C25H52NO.ClH/c1-6-8-9-10-11-12-13-14-15-16-17-18-19-20-21-22-23-25(3,27)26(4,5)24-7-2;/h7,27H,2,6,8-24H2,1,3-5H3;1H/q+1;/p-1. The van der Waals surface area contributed by atoms with Crippen LogP contribution in [0.1, 0.15) is 123 Å². The second-order valence-electron chi connectivity index (χ2n) is 9.43. The number of quaternary nitrogens is 1. The van der Waals surface area contributed by atoms with Gasteiger partial charge in [0.05, 0.1) is 20.6 Å². The molecule has 0 aromatic heterocycles. The van der Waals surface area contributed by atoms with Crippen molar-refractivity contribution < 1.29 is 22.0 Å². The van der Waals surface area contributed by atoms with Gasteiger partial charge in [0.2, 0.25) is 0 Å². The second kappa shape index (κ2) is 18.9. The molecule has 1 unspecified atom stereocenters. The molecule has 0 aromatic carbocycles. The highest BCUT2D eigenvalue weighted by atomic mass is 35.5. The van der Waals surface area contributed by atoms with Gasteiger partial charge in [0.1, 0.15) is 0 Å². The van der Waals surface area contributed by atoms with E-state index in [-0.39, 0.29) is 12.4 Å². The third-order valence-corrected chi connectivity index (χ3v) is 6.39. The summed E-state index contributed by atoms with van der Waals surface area (Å²) in [5, 5.41) is 10.7. The van der Waals surface area contributed by atoms with Crippen LogP contribution in [0.2, 0.25) is 0 Å². The van der Waals surface area contributed by atoms with E-state index in [1.807, 2.05) is 13.0 Å². The van der Waals surface area contributed by atoms with Crippen LogP contribution in [0.25, 0.3) is 0 Å². The molecule has 2 nitrogen and oxygen atoms in total. The van der Waals surface area contributed by atoms with E-state index in [1.54, 1.807) is 0 Å². The van der Waals surface area contributed by atoms with Crippen molar-refractivity contribution >= 4 is 0 Å². The molecular weight excluding hydrogens is 366 g/mol. The zero-order valence-electron chi connectivity index (χ0n) is 19.8. The van der Waals surface area contributed by atoms with Crippen LogP contribution in [0.15, 0.2) is 12.7 Å². The van der Waals surface area contributed by atoms with E-state index in [9.17, 15) is 5.11 Å². The molecule has 0 saturated carbocycles. The minimum atomic E-state index is -0.649. The van der Waals surface area contributed by atoms with Gasteiger partial charge in [0.25, 0.3) is 0 Å². The first-order valence-corrected chi connectivity index (χ1v) is 12.0. The van der Waals surface area contributed by atoms with Crippen molar-refractivity contribution in [2.75, 3.05) is 20.6 Å². The third kappa shape index (κ3) is 15.8. The van der Waals surface area contributed by atoms with Crippen molar-refractivity contribution in [1.82, 2.24) is 0 Å². The molecular formula is C25H52ClNO. The van der Waals surface area contributed by atoms with Gasteiger partial charge < -0.3 is 17.5 Å². The molecule has 1 atom stereocenters. The summed E-state index contributed by atoms with van der Waals surface area (Å²) < 4.78 is 0.606. The Balaban J connectivity index is 0. The Morgan fingerprint density at radius 3 is 1.36 bits per heavy atom. The van der Waals surface area contributed by atoms with E-state index in [2.05, 4.69) is 27.6 Å². The summed E-state index contributed by atoms with van der Waals surface area (Å²) in [6, 6.07) is 0. The Bertz CT molecular complexity index is 341. The first kappa shape index (κ1) is 30.1. The van der Waals surface area contributed by atoms with Crippen LogP contribution < -0.4 is 12.4 Å². The van der Waals surface area contributed by atoms with Crippen LogP contribution in [-0.4, -0.2) is 36.0 Å². The van der Waals surface area contributed by atoms with Gasteiger partial charge in [-0.1, -0.05) is 110 Å². The largest absolute Gasteiger partial charge is 1.00 e. The van der Waals surface area contributed by atoms with Crippen molar-refractivity contribution in [3.8, 4) is 0 Å². The molecule has 0 fully saturated rings. The van der Waals surface area contributed by atoms with Gasteiger partial charge >= 0.3 is 0 Å². The average Bonchev–Trinajstić information content (AvgIpc) is 2.61. The smallest absolute Gasteiger partial charge is 0.197 e. The van der Waals surface area contributed by atoms with E-state index in [4.69, 9.17) is 0 Å². The summed E-state index contributed by atoms with van der Waals surface area (Å²) in [7, 11) is 4.18. The van der Waals surface area contributed by atoms with E-state index < -0.39 is 5.72 Å². The molecule has 1 N–H and O–H groups in total. The Kier molecular flexibility index (Phi) is 20.4. The fourth-order valence-electron chi connectivity index (χ4n) is 3.83. The highest BCUT2D eigenvalue weighted by Crippen LogP contribution is 2.24. The van der Waals surface area contributed by atoms with Crippen LogP contribution in [0, 0.1) is 0 Å². The highest BCUT2D eigenvalue weighted by molar-refractivity contribution is 4.69. The van der Waals surface area contributed by atoms with Crippen molar-refractivity contribution in [2.45, 2.75) is 129 Å². The molecule has 0 spiro atoms. The Morgan fingerprint density at radius 2 is 1.04 bits per heavy atom. The van der Waals surface area contributed by atoms with Crippen molar-refractivity contribution in [3.63, 3.8) is 0 Å². The minimum absolute atomic E-state index is 0. The SMILES string of the molecule is C=CC[N+](C)(C)C(C)(O)CCCCCCCCCCCCCCCCCC.[Cl-]. The lowest BCUT2D eigenvalue weighted by molar-refractivity contribution is -0.960. The lowest BCUT2D eigenvalue weighted by Crippen LogP contribution is -3.00. The monoisotopic (exact) mass is 417 g/mol. The summed E-state index contributed by atoms with van der Waals surface area (Å²) in [6.45, 7) is 8.89. The van der Waals surface area contributed by atoms with Gasteiger partial charge in [-0.25, -0.2) is 0 Å². The molecule has 28 heavy (non-hydrogen) atoms. The first-order valence-electron chi connectivity index (χ1n) is 12.0. The molecule has 0 bridgehead atoms. The predicted molar refractivity (Wildman–Crippen MR) is 122 cm³/mol. The van der Waals surface area contributed by atoms with Gasteiger partial charge in [-0.3, -0.25) is 4.48 Å². The van der Waals surface area contributed by atoms with Crippen molar-refractivity contribution in [2.24, 2.45) is 0 Å². The number of likely N-dealkylation sites (N-methyl/N-ethyl adjacent to an activating group) is 1. The molecule has 3 heteroatoms. The van der Waals surface area contributed by atoms with Crippen LogP contribution in [0.4, 0.5) is 0 Å². The number of nitrogens with zero attached hydrogens (tertiary/aromatic N) is 1. The summed E-state index contributed by atoms with van der Waals surface area (Å²) in [5.41, 5.74) is -0.649. The number of hydrogen-bond acceptors (Lipinski definition) is 1. The highest BCUT2D eigenvalue weighted by Gasteiger charge is 2.37. The van der Waals surface area contributed by atoms with E-state index in [0.29, 0.717) is 4.48 Å². The number of unbranched alkanes of at least 4 members (excludes halogenated alkanes) is 15. The molecule has 0 rings (SSSR count). The van der Waals surface area contributed by atoms with Crippen LogP contribution >= 0.6 is 0 Å². The Labute approximate surface area is 184 Å². The normalized spacial score (nSPS) is 13.8. The number of halogens is 1. The summed E-state index contributed by atoms with van der Waals surface area (Å²) in [4.78, 5) is 0. The molecule has 0 amide bonds. The van der Waals surface area contributed by atoms with Gasteiger partial charge in [0.15, 0.2) is 5.72 Å². The maximum Gasteiger partial charge on any atom is 0.197 e. The maximum atomic E-state index is 10.7. The summed E-state index contributed by atoms with van der Waals surface area (Å²) in [6.07, 6.45) is 25.0. The van der Waals surface area contributed by atoms with Gasteiger partial charge in [0, 0.05) is 13.3 Å². The number of aliphatic hydroxyl groups is 1. The molecule has 0 aliphatic heterocycles. The molecule has 0 saturated heterocycles. The quantitative estimate of drug-likeness (QED) is 0.133. The van der Waals surface area contributed by atoms with Gasteiger partial charge in [-0.05, 0) is 12.5 Å². The molecule has 0 heterocycles. The topological polar surface area (TPSA) is 20.2 Å². The van der Waals surface area contributed by atoms with Crippen LogP contribution in [0.3, 0.4) is 0 Å². The van der Waals surface area contributed by atoms with Crippen LogP contribution in [0.5, 0.6) is 0 Å². The van der Waals surface area contributed by atoms with Gasteiger partial charge in [-0.15, -0.1) is 0 Å². The predicted octanol–water partition coefficient (Wildman–Crippen LogP) is 4.61. The zero-order valence-corrected chi connectivity index (χ0v) is 20.5. The van der Waals surface area contributed by atoms with Crippen molar-refractivity contribution in [3.05, 3.63) is 12.7 Å². The van der Waals surface area contributed by atoms with Gasteiger partial charge in [-0.2, -0.15) is 0 Å². The Morgan fingerprint density at radius 1 is 0.714 bits per heavy atom. The van der Waals surface area contributed by atoms with Crippen molar-refractivity contribution in [1.29, 1.82) is 0 Å². The average molecular weight is 418 g/mol. The second-order valence-corrected chi connectivity index (χ2v) is 9.43. The summed E-state index contributed by atoms with van der Waals surface area (Å²) >= 11 is 0. The Hall–Kier alpha value is -0.0500. The lowest BCUT2D eigenvalue weighted by atomic mass is 10.0. The van der Waals surface area contributed by atoms with E-state index in [0.717, 1.165) is 19.4 Å². The fraction of sp³-hybridized carbons (Fsp3) is 0.920. The fourth-order valence-corrected chi connectivity index (χ4v) is 3.83. The number of rotatable bonds is 20. The van der Waals surface area contributed by atoms with E-state index in [1.165, 1.54) is 96.3 Å². The number of hydrogen-bond donors (Lipinski definition) is 1. The molecule has 0 aliphatic carbocycles.